The van der Waals surface area contributed by atoms with Gasteiger partial charge in [-0.25, -0.2) is 0 Å². The van der Waals surface area contributed by atoms with Gasteiger partial charge in [-0.2, -0.15) is 0 Å². The predicted octanol–water partition coefficient (Wildman–Crippen LogP) is 3.00. The molecule has 2 atom stereocenters. The standard InChI is InChI=1S/C18H27ClN2O2/c1-3-16(14-5-7-15(19)8-6-14)20-17(23)11-21-10-4-9-18(2,12-21)13-22/h5-8,16,22H,3-4,9-13H2,1-2H3,(H,20,23). The van der Waals surface area contributed by atoms with Crippen molar-refractivity contribution in [3.63, 3.8) is 0 Å². The highest BCUT2D eigenvalue weighted by atomic mass is 35.5. The van der Waals surface area contributed by atoms with E-state index in [0.717, 1.165) is 37.9 Å². The van der Waals surface area contributed by atoms with Gasteiger partial charge in [0.05, 0.1) is 12.6 Å². The SMILES string of the molecule is CCC(NC(=O)CN1CCCC(C)(CO)C1)c1ccc(Cl)cc1. The molecule has 0 saturated carbocycles. The fourth-order valence-electron chi connectivity index (χ4n) is 3.25. The van der Waals surface area contributed by atoms with Crippen LogP contribution < -0.4 is 5.32 Å². The molecule has 128 valence electrons. The molecule has 1 aliphatic heterocycles. The number of carbonyl (C=O) groups excluding carboxylic acids is 1. The van der Waals surface area contributed by atoms with Crippen molar-refractivity contribution in [2.24, 2.45) is 5.41 Å². The molecule has 23 heavy (non-hydrogen) atoms. The molecule has 2 unspecified atom stereocenters. The number of hydrogen-bond donors (Lipinski definition) is 2. The molecule has 0 bridgehead atoms. The van der Waals surface area contributed by atoms with Crippen molar-refractivity contribution >= 4 is 17.5 Å². The molecule has 1 heterocycles. The van der Waals surface area contributed by atoms with E-state index in [1.165, 1.54) is 0 Å². The molecule has 4 nitrogen and oxygen atoms in total. The molecular formula is C18H27ClN2O2. The van der Waals surface area contributed by atoms with Crippen LogP contribution >= 0.6 is 11.6 Å². The molecule has 1 saturated heterocycles. The lowest BCUT2D eigenvalue weighted by molar-refractivity contribution is -0.124. The van der Waals surface area contributed by atoms with E-state index in [1.54, 1.807) is 0 Å². The van der Waals surface area contributed by atoms with Crippen LogP contribution in [0.4, 0.5) is 0 Å². The van der Waals surface area contributed by atoms with E-state index in [0.29, 0.717) is 11.6 Å². The van der Waals surface area contributed by atoms with E-state index in [4.69, 9.17) is 11.6 Å². The second-order valence-electron chi connectivity index (χ2n) is 6.86. The van der Waals surface area contributed by atoms with Crippen LogP contribution in [0.15, 0.2) is 24.3 Å². The van der Waals surface area contributed by atoms with Crippen molar-refractivity contribution in [1.29, 1.82) is 0 Å². The van der Waals surface area contributed by atoms with Crippen LogP contribution in [0.2, 0.25) is 5.02 Å². The molecule has 1 aliphatic rings. The van der Waals surface area contributed by atoms with Crippen LogP contribution in [0.5, 0.6) is 0 Å². The quantitative estimate of drug-likeness (QED) is 0.838. The Bertz CT molecular complexity index is 520. The lowest BCUT2D eigenvalue weighted by Gasteiger charge is -2.39. The highest BCUT2D eigenvalue weighted by Crippen LogP contribution is 2.28. The first kappa shape index (κ1) is 18.2. The van der Waals surface area contributed by atoms with E-state index in [2.05, 4.69) is 24.1 Å². The third-order valence-electron chi connectivity index (χ3n) is 4.62. The summed E-state index contributed by atoms with van der Waals surface area (Å²) in [6.45, 7) is 6.39. The Kier molecular flexibility index (Phi) is 6.45. The lowest BCUT2D eigenvalue weighted by atomic mass is 9.83. The summed E-state index contributed by atoms with van der Waals surface area (Å²) in [6, 6.07) is 7.63. The normalized spacial score (nSPS) is 23.5. The monoisotopic (exact) mass is 338 g/mol. The minimum absolute atomic E-state index is 0.00813. The Morgan fingerprint density at radius 3 is 2.74 bits per heavy atom. The van der Waals surface area contributed by atoms with E-state index in [1.807, 2.05) is 24.3 Å². The van der Waals surface area contributed by atoms with Gasteiger partial charge in [0, 0.05) is 23.6 Å². The minimum atomic E-state index is -0.0845. The van der Waals surface area contributed by atoms with Crippen molar-refractivity contribution in [2.75, 3.05) is 26.2 Å². The Morgan fingerprint density at radius 1 is 1.43 bits per heavy atom. The third-order valence-corrected chi connectivity index (χ3v) is 4.88. The molecule has 5 heteroatoms. The van der Waals surface area contributed by atoms with Gasteiger partial charge in [-0.05, 0) is 43.5 Å². The second kappa shape index (κ2) is 8.13. The van der Waals surface area contributed by atoms with Gasteiger partial charge in [0.25, 0.3) is 0 Å². The molecule has 1 fully saturated rings. The molecule has 1 aromatic carbocycles. The van der Waals surface area contributed by atoms with Crippen molar-refractivity contribution < 1.29 is 9.90 Å². The number of hydrogen-bond acceptors (Lipinski definition) is 3. The number of piperidine rings is 1. The number of halogens is 1. The first-order valence-electron chi connectivity index (χ1n) is 8.34. The minimum Gasteiger partial charge on any atom is -0.396 e. The fourth-order valence-corrected chi connectivity index (χ4v) is 3.38. The molecule has 2 rings (SSSR count). The van der Waals surface area contributed by atoms with Gasteiger partial charge in [0.1, 0.15) is 0 Å². The van der Waals surface area contributed by atoms with Gasteiger partial charge in [-0.15, -0.1) is 0 Å². The lowest BCUT2D eigenvalue weighted by Crippen LogP contribution is -2.47. The first-order valence-corrected chi connectivity index (χ1v) is 8.71. The van der Waals surface area contributed by atoms with E-state index >= 15 is 0 Å². The van der Waals surface area contributed by atoms with Crippen molar-refractivity contribution in [3.05, 3.63) is 34.9 Å². The fraction of sp³-hybridized carbons (Fsp3) is 0.611. The van der Waals surface area contributed by atoms with Gasteiger partial charge in [-0.1, -0.05) is 37.6 Å². The van der Waals surface area contributed by atoms with Crippen LogP contribution in [-0.2, 0) is 4.79 Å². The average molecular weight is 339 g/mol. The highest BCUT2D eigenvalue weighted by Gasteiger charge is 2.31. The van der Waals surface area contributed by atoms with Crippen LogP contribution in [0.25, 0.3) is 0 Å². The summed E-state index contributed by atoms with van der Waals surface area (Å²) in [6.07, 6.45) is 2.88. The summed E-state index contributed by atoms with van der Waals surface area (Å²) in [5.41, 5.74) is 0.989. The zero-order valence-electron chi connectivity index (χ0n) is 14.0. The summed E-state index contributed by atoms with van der Waals surface area (Å²) in [5.74, 6) is 0.0361. The average Bonchev–Trinajstić information content (AvgIpc) is 2.53. The smallest absolute Gasteiger partial charge is 0.234 e. The second-order valence-corrected chi connectivity index (χ2v) is 7.30. The molecule has 1 amide bonds. The number of rotatable bonds is 6. The van der Waals surface area contributed by atoms with Crippen molar-refractivity contribution in [1.82, 2.24) is 10.2 Å². The molecule has 2 N–H and O–H groups in total. The van der Waals surface area contributed by atoms with Crippen LogP contribution in [0, 0.1) is 5.41 Å². The van der Waals surface area contributed by atoms with E-state index in [9.17, 15) is 9.90 Å². The number of benzene rings is 1. The van der Waals surface area contributed by atoms with Crippen molar-refractivity contribution in [2.45, 2.75) is 39.2 Å². The van der Waals surface area contributed by atoms with Gasteiger partial charge in [0.2, 0.25) is 5.91 Å². The van der Waals surface area contributed by atoms with Gasteiger partial charge in [-0.3, -0.25) is 9.69 Å². The number of likely N-dealkylation sites (tertiary alicyclic amines) is 1. The summed E-state index contributed by atoms with van der Waals surface area (Å²) in [5, 5.41) is 13.3. The number of nitrogens with one attached hydrogen (secondary N) is 1. The summed E-state index contributed by atoms with van der Waals surface area (Å²) in [4.78, 5) is 14.5. The van der Waals surface area contributed by atoms with Crippen LogP contribution in [0.3, 0.4) is 0 Å². The molecule has 0 radical (unpaired) electrons. The van der Waals surface area contributed by atoms with E-state index < -0.39 is 0 Å². The third kappa shape index (κ3) is 5.20. The van der Waals surface area contributed by atoms with Gasteiger partial charge >= 0.3 is 0 Å². The molecule has 1 aromatic rings. The van der Waals surface area contributed by atoms with Crippen LogP contribution in [-0.4, -0.2) is 42.2 Å². The largest absolute Gasteiger partial charge is 0.396 e. The number of nitrogens with zero attached hydrogens (tertiary/aromatic N) is 1. The van der Waals surface area contributed by atoms with Crippen molar-refractivity contribution in [3.8, 4) is 0 Å². The van der Waals surface area contributed by atoms with Crippen LogP contribution in [0.1, 0.15) is 44.7 Å². The summed E-state index contributed by atoms with van der Waals surface area (Å²) < 4.78 is 0. The molecule has 0 aromatic heterocycles. The number of aliphatic hydroxyl groups is 1. The summed E-state index contributed by atoms with van der Waals surface area (Å²) >= 11 is 5.92. The zero-order chi connectivity index (χ0) is 16.9. The maximum atomic E-state index is 12.4. The Hall–Kier alpha value is -1.10. The zero-order valence-corrected chi connectivity index (χ0v) is 14.8. The highest BCUT2D eigenvalue weighted by molar-refractivity contribution is 6.30. The Morgan fingerprint density at radius 2 is 2.13 bits per heavy atom. The summed E-state index contributed by atoms with van der Waals surface area (Å²) in [7, 11) is 0. The molecular weight excluding hydrogens is 312 g/mol. The Balaban J connectivity index is 1.91. The van der Waals surface area contributed by atoms with Gasteiger partial charge < -0.3 is 10.4 Å². The van der Waals surface area contributed by atoms with Gasteiger partial charge in [0.15, 0.2) is 0 Å². The maximum Gasteiger partial charge on any atom is 0.234 e. The Labute approximate surface area is 143 Å². The first-order chi connectivity index (χ1) is 11.0. The topological polar surface area (TPSA) is 52.6 Å². The predicted molar refractivity (Wildman–Crippen MR) is 93.5 cm³/mol. The molecule has 0 aliphatic carbocycles. The van der Waals surface area contributed by atoms with E-state index in [-0.39, 0.29) is 24.0 Å². The molecule has 0 spiro atoms. The number of amides is 1. The number of carbonyl (C=O) groups is 1. The number of aliphatic hydroxyl groups excluding tert-OH is 1. The maximum absolute atomic E-state index is 12.4.